The molecule has 0 spiro atoms. The van der Waals surface area contributed by atoms with Gasteiger partial charge in [0.1, 0.15) is 0 Å². The SMILES string of the molecule is CC(NC(=O)c1ccc(Br)s1)c1ccccn1. The van der Waals surface area contributed by atoms with Crippen molar-refractivity contribution < 1.29 is 4.79 Å². The molecule has 5 heteroatoms. The molecule has 1 N–H and O–H groups in total. The maximum atomic E-state index is 11.9. The minimum Gasteiger partial charge on any atom is -0.343 e. The smallest absolute Gasteiger partial charge is 0.261 e. The Labute approximate surface area is 112 Å². The van der Waals surface area contributed by atoms with Gasteiger partial charge in [0.15, 0.2) is 0 Å². The molecule has 0 bridgehead atoms. The lowest BCUT2D eigenvalue weighted by atomic mass is 10.2. The predicted octanol–water partition coefficient (Wildman–Crippen LogP) is 3.40. The molecular formula is C12H11BrN2OS. The van der Waals surface area contributed by atoms with Crippen LogP contribution in [0.15, 0.2) is 40.3 Å². The van der Waals surface area contributed by atoms with E-state index in [-0.39, 0.29) is 11.9 Å². The molecule has 1 atom stereocenters. The van der Waals surface area contributed by atoms with Crippen LogP contribution in [0.2, 0.25) is 0 Å². The fourth-order valence-corrected chi connectivity index (χ4v) is 2.70. The van der Waals surface area contributed by atoms with Crippen molar-refractivity contribution in [2.45, 2.75) is 13.0 Å². The van der Waals surface area contributed by atoms with E-state index < -0.39 is 0 Å². The van der Waals surface area contributed by atoms with Gasteiger partial charge in [-0.25, -0.2) is 0 Å². The summed E-state index contributed by atoms with van der Waals surface area (Å²) in [6.45, 7) is 1.92. The van der Waals surface area contributed by atoms with Gasteiger partial charge < -0.3 is 5.32 Å². The molecule has 0 radical (unpaired) electrons. The third-order valence-corrected chi connectivity index (χ3v) is 3.90. The molecule has 1 amide bonds. The monoisotopic (exact) mass is 310 g/mol. The van der Waals surface area contributed by atoms with Crippen LogP contribution in [-0.4, -0.2) is 10.9 Å². The van der Waals surface area contributed by atoms with E-state index in [1.165, 1.54) is 11.3 Å². The molecule has 0 aliphatic heterocycles. The molecule has 0 saturated heterocycles. The van der Waals surface area contributed by atoms with E-state index in [0.717, 1.165) is 9.48 Å². The van der Waals surface area contributed by atoms with Crippen molar-refractivity contribution in [3.05, 3.63) is 50.9 Å². The largest absolute Gasteiger partial charge is 0.343 e. The van der Waals surface area contributed by atoms with Gasteiger partial charge in [0.2, 0.25) is 0 Å². The van der Waals surface area contributed by atoms with Crippen molar-refractivity contribution >= 4 is 33.2 Å². The Hall–Kier alpha value is -1.20. The van der Waals surface area contributed by atoms with Gasteiger partial charge in [-0.1, -0.05) is 6.07 Å². The van der Waals surface area contributed by atoms with Crippen molar-refractivity contribution in [2.24, 2.45) is 0 Å². The standard InChI is InChI=1S/C12H11BrN2OS/c1-8(9-4-2-3-7-14-9)15-12(16)10-5-6-11(13)17-10/h2-8H,1H3,(H,15,16). The van der Waals surface area contributed by atoms with Gasteiger partial charge in [-0.3, -0.25) is 9.78 Å². The number of nitrogens with zero attached hydrogens (tertiary/aromatic N) is 1. The number of thiophene rings is 1. The van der Waals surface area contributed by atoms with Crippen LogP contribution in [0.3, 0.4) is 0 Å². The molecule has 3 nitrogen and oxygen atoms in total. The highest BCUT2D eigenvalue weighted by Crippen LogP contribution is 2.22. The van der Waals surface area contributed by atoms with Gasteiger partial charge in [-0.2, -0.15) is 0 Å². The summed E-state index contributed by atoms with van der Waals surface area (Å²) in [7, 11) is 0. The van der Waals surface area contributed by atoms with Gasteiger partial charge in [0.25, 0.3) is 5.91 Å². The van der Waals surface area contributed by atoms with E-state index >= 15 is 0 Å². The molecule has 0 aliphatic carbocycles. The zero-order valence-corrected chi connectivity index (χ0v) is 11.6. The zero-order chi connectivity index (χ0) is 12.3. The van der Waals surface area contributed by atoms with E-state index in [4.69, 9.17) is 0 Å². The molecule has 2 aromatic heterocycles. The molecule has 1 unspecified atom stereocenters. The van der Waals surface area contributed by atoms with E-state index in [2.05, 4.69) is 26.2 Å². The second-order valence-corrected chi connectivity index (χ2v) is 6.02. The van der Waals surface area contributed by atoms with Crippen molar-refractivity contribution in [2.75, 3.05) is 0 Å². The number of halogens is 1. The molecule has 17 heavy (non-hydrogen) atoms. The van der Waals surface area contributed by atoms with Crippen LogP contribution in [0.5, 0.6) is 0 Å². The van der Waals surface area contributed by atoms with Crippen LogP contribution in [-0.2, 0) is 0 Å². The second-order valence-electron chi connectivity index (χ2n) is 3.55. The Morgan fingerprint density at radius 1 is 1.41 bits per heavy atom. The van der Waals surface area contributed by atoms with Gasteiger partial charge >= 0.3 is 0 Å². The molecule has 0 aliphatic rings. The Balaban J connectivity index is 2.04. The predicted molar refractivity (Wildman–Crippen MR) is 72.1 cm³/mol. The molecule has 0 fully saturated rings. The summed E-state index contributed by atoms with van der Waals surface area (Å²) in [5.41, 5.74) is 0.858. The quantitative estimate of drug-likeness (QED) is 0.944. The van der Waals surface area contributed by atoms with E-state index in [9.17, 15) is 4.79 Å². The number of nitrogens with one attached hydrogen (secondary N) is 1. The Kier molecular flexibility index (Phi) is 3.91. The molecule has 2 rings (SSSR count). The van der Waals surface area contributed by atoms with Crippen molar-refractivity contribution in [3.63, 3.8) is 0 Å². The molecule has 0 saturated carbocycles. The number of carbonyl (C=O) groups is 1. The molecular weight excluding hydrogens is 300 g/mol. The third kappa shape index (κ3) is 3.14. The minimum absolute atomic E-state index is 0.0705. The van der Waals surface area contributed by atoms with Crippen molar-refractivity contribution in [3.8, 4) is 0 Å². The second kappa shape index (κ2) is 5.42. The molecule has 2 heterocycles. The van der Waals surface area contributed by atoms with Crippen LogP contribution in [0, 0.1) is 0 Å². The van der Waals surface area contributed by atoms with Crippen molar-refractivity contribution in [1.29, 1.82) is 0 Å². The average Bonchev–Trinajstić information content (AvgIpc) is 2.77. The van der Waals surface area contributed by atoms with Gasteiger partial charge in [0, 0.05) is 6.20 Å². The van der Waals surface area contributed by atoms with Gasteiger partial charge in [0.05, 0.1) is 20.4 Å². The van der Waals surface area contributed by atoms with E-state index in [0.29, 0.717) is 4.88 Å². The topological polar surface area (TPSA) is 42.0 Å². The molecule has 0 aromatic carbocycles. The summed E-state index contributed by atoms with van der Waals surface area (Å²) in [4.78, 5) is 16.8. The molecule has 2 aromatic rings. The summed E-state index contributed by atoms with van der Waals surface area (Å²) >= 11 is 4.75. The maximum absolute atomic E-state index is 11.9. The number of rotatable bonds is 3. The Morgan fingerprint density at radius 2 is 2.24 bits per heavy atom. The first-order valence-corrected chi connectivity index (χ1v) is 6.75. The number of pyridine rings is 1. The van der Waals surface area contributed by atoms with Crippen molar-refractivity contribution in [1.82, 2.24) is 10.3 Å². The van der Waals surface area contributed by atoms with Crippen LogP contribution in [0.1, 0.15) is 28.3 Å². The van der Waals surface area contributed by atoms with Gasteiger partial charge in [-0.15, -0.1) is 11.3 Å². The Morgan fingerprint density at radius 3 is 2.82 bits per heavy atom. The molecule has 88 valence electrons. The van der Waals surface area contributed by atoms with Crippen LogP contribution in [0.25, 0.3) is 0 Å². The van der Waals surface area contributed by atoms with Gasteiger partial charge in [-0.05, 0) is 47.1 Å². The fourth-order valence-electron chi connectivity index (χ4n) is 1.41. The minimum atomic E-state index is -0.0930. The van der Waals surface area contributed by atoms with E-state index in [1.807, 2.05) is 31.2 Å². The number of aromatic nitrogens is 1. The highest BCUT2D eigenvalue weighted by molar-refractivity contribution is 9.11. The zero-order valence-electron chi connectivity index (χ0n) is 9.18. The Bertz CT molecular complexity index is 512. The first kappa shape index (κ1) is 12.3. The fraction of sp³-hybridized carbons (Fsp3) is 0.167. The summed E-state index contributed by atoms with van der Waals surface area (Å²) in [6.07, 6.45) is 1.72. The first-order chi connectivity index (χ1) is 8.16. The highest BCUT2D eigenvalue weighted by atomic mass is 79.9. The highest BCUT2D eigenvalue weighted by Gasteiger charge is 2.13. The summed E-state index contributed by atoms with van der Waals surface area (Å²) in [6, 6.07) is 9.24. The number of hydrogen-bond donors (Lipinski definition) is 1. The van der Waals surface area contributed by atoms with E-state index in [1.54, 1.807) is 12.3 Å². The lowest BCUT2D eigenvalue weighted by molar-refractivity contribution is 0.0943. The van der Waals surface area contributed by atoms with Crippen LogP contribution < -0.4 is 5.32 Å². The lowest BCUT2D eigenvalue weighted by Gasteiger charge is -2.12. The number of amides is 1. The number of carbonyl (C=O) groups excluding carboxylic acids is 1. The summed E-state index contributed by atoms with van der Waals surface area (Å²) in [5, 5.41) is 2.91. The first-order valence-electron chi connectivity index (χ1n) is 5.14. The lowest BCUT2D eigenvalue weighted by Crippen LogP contribution is -2.26. The third-order valence-electron chi connectivity index (χ3n) is 2.28. The van der Waals surface area contributed by atoms with Crippen LogP contribution >= 0.6 is 27.3 Å². The normalized spacial score (nSPS) is 12.1. The summed E-state index contributed by atoms with van der Waals surface area (Å²) in [5.74, 6) is -0.0705. The maximum Gasteiger partial charge on any atom is 0.261 e. The average molecular weight is 311 g/mol. The summed E-state index contributed by atoms with van der Waals surface area (Å²) < 4.78 is 0.952. The number of hydrogen-bond acceptors (Lipinski definition) is 3. The van der Waals surface area contributed by atoms with Crippen LogP contribution in [0.4, 0.5) is 0 Å².